The van der Waals surface area contributed by atoms with Crippen molar-refractivity contribution in [2.24, 2.45) is 17.8 Å². The van der Waals surface area contributed by atoms with Crippen molar-refractivity contribution < 1.29 is 4.79 Å². The summed E-state index contributed by atoms with van der Waals surface area (Å²) in [4.78, 5) is 14.8. The molecule has 3 atom stereocenters. The summed E-state index contributed by atoms with van der Waals surface area (Å²) in [6.45, 7) is 5.62. The van der Waals surface area contributed by atoms with Crippen LogP contribution in [0.2, 0.25) is 0 Å². The molecular formula is C23H34N2O. The van der Waals surface area contributed by atoms with Crippen molar-refractivity contribution >= 4 is 5.91 Å². The maximum absolute atomic E-state index is 12.2. The quantitative estimate of drug-likeness (QED) is 0.830. The topological polar surface area (TPSA) is 32.3 Å². The molecular weight excluding hydrogens is 320 g/mol. The predicted molar refractivity (Wildman–Crippen MR) is 106 cm³/mol. The van der Waals surface area contributed by atoms with Gasteiger partial charge < -0.3 is 10.2 Å². The number of nitrogens with zero attached hydrogens (tertiary/aromatic N) is 1. The molecule has 1 amide bonds. The van der Waals surface area contributed by atoms with Gasteiger partial charge in [-0.3, -0.25) is 4.79 Å². The Morgan fingerprint density at radius 3 is 2.38 bits per heavy atom. The summed E-state index contributed by atoms with van der Waals surface area (Å²) in [7, 11) is 0. The molecule has 0 spiro atoms. The Hall–Kier alpha value is -1.35. The van der Waals surface area contributed by atoms with E-state index in [1.807, 2.05) is 0 Å². The summed E-state index contributed by atoms with van der Waals surface area (Å²) < 4.78 is 0. The molecule has 4 rings (SSSR count). The Labute approximate surface area is 158 Å². The number of amides is 1. The van der Waals surface area contributed by atoms with Gasteiger partial charge in [-0.2, -0.15) is 0 Å². The second kappa shape index (κ2) is 8.12. The number of nitrogens with one attached hydrogen (secondary N) is 1. The molecule has 0 radical (unpaired) electrons. The van der Waals surface area contributed by atoms with Crippen LogP contribution in [0, 0.1) is 17.8 Å². The van der Waals surface area contributed by atoms with Crippen LogP contribution in [0.25, 0.3) is 0 Å². The van der Waals surface area contributed by atoms with Crippen molar-refractivity contribution in [1.29, 1.82) is 0 Å². The van der Waals surface area contributed by atoms with Gasteiger partial charge in [-0.25, -0.2) is 0 Å². The Morgan fingerprint density at radius 2 is 1.77 bits per heavy atom. The summed E-state index contributed by atoms with van der Waals surface area (Å²) >= 11 is 0. The number of carbonyl (C=O) groups is 1. The third kappa shape index (κ3) is 4.31. The third-order valence-corrected chi connectivity index (χ3v) is 7.03. The molecule has 2 aliphatic carbocycles. The van der Waals surface area contributed by atoms with Crippen LogP contribution in [0.1, 0.15) is 63.4 Å². The Kier molecular flexibility index (Phi) is 5.63. The van der Waals surface area contributed by atoms with Gasteiger partial charge in [-0.1, -0.05) is 50.1 Å². The number of carbonyl (C=O) groups excluding carboxylic acids is 1. The molecule has 26 heavy (non-hydrogen) atoms. The van der Waals surface area contributed by atoms with Crippen LogP contribution in [0.3, 0.4) is 0 Å². The zero-order valence-corrected chi connectivity index (χ0v) is 16.2. The highest BCUT2D eigenvalue weighted by molar-refractivity contribution is 5.81. The van der Waals surface area contributed by atoms with Crippen LogP contribution in [0.15, 0.2) is 30.3 Å². The number of hydrogen-bond donors (Lipinski definition) is 1. The fraction of sp³-hybridized carbons (Fsp3) is 0.696. The van der Waals surface area contributed by atoms with E-state index >= 15 is 0 Å². The second-order valence-electron chi connectivity index (χ2n) is 8.96. The minimum Gasteiger partial charge on any atom is -0.353 e. The number of benzene rings is 1. The van der Waals surface area contributed by atoms with Gasteiger partial charge in [0, 0.05) is 31.6 Å². The van der Waals surface area contributed by atoms with Crippen molar-refractivity contribution in [3.05, 3.63) is 35.9 Å². The van der Waals surface area contributed by atoms with Gasteiger partial charge in [0.2, 0.25) is 5.91 Å². The lowest BCUT2D eigenvalue weighted by Gasteiger charge is -2.36. The molecule has 3 heteroatoms. The molecule has 3 aliphatic rings. The minimum absolute atomic E-state index is 0.304. The van der Waals surface area contributed by atoms with Gasteiger partial charge in [0.05, 0.1) is 0 Å². The number of likely N-dealkylation sites (tertiary alicyclic amines) is 1. The fourth-order valence-corrected chi connectivity index (χ4v) is 5.12. The van der Waals surface area contributed by atoms with E-state index in [1.54, 1.807) is 0 Å². The molecule has 2 saturated carbocycles. The van der Waals surface area contributed by atoms with Crippen LogP contribution >= 0.6 is 0 Å². The van der Waals surface area contributed by atoms with E-state index in [2.05, 4.69) is 47.5 Å². The van der Waals surface area contributed by atoms with Crippen LogP contribution in [0.5, 0.6) is 0 Å². The van der Waals surface area contributed by atoms with Crippen LogP contribution < -0.4 is 5.32 Å². The third-order valence-electron chi connectivity index (χ3n) is 7.03. The van der Waals surface area contributed by atoms with Crippen molar-refractivity contribution in [3.63, 3.8) is 0 Å². The van der Waals surface area contributed by atoms with Gasteiger partial charge in [0.15, 0.2) is 0 Å². The Balaban J connectivity index is 1.30. The van der Waals surface area contributed by atoms with Crippen molar-refractivity contribution in [2.75, 3.05) is 19.6 Å². The van der Waals surface area contributed by atoms with Crippen LogP contribution in [0.4, 0.5) is 0 Å². The molecule has 3 fully saturated rings. The first kappa shape index (κ1) is 18.0. The second-order valence-corrected chi connectivity index (χ2v) is 8.96. The standard InChI is InChI=1S/C23H34N2O/c1-17-15-21(17)23(26)24-20-11-13-25(14-12-20)16-22(19-9-5-6-10-19)18-7-3-2-4-8-18/h2-4,7-8,17,19-22H,5-6,9-16H2,1H3,(H,24,26)/t17-,21+,22+/m1/s1. The highest BCUT2D eigenvalue weighted by Gasteiger charge is 2.40. The molecule has 0 aromatic heterocycles. The first-order valence-corrected chi connectivity index (χ1v) is 10.8. The Morgan fingerprint density at radius 1 is 1.12 bits per heavy atom. The number of rotatable bonds is 6. The van der Waals surface area contributed by atoms with Crippen LogP contribution in [-0.2, 0) is 4.79 Å². The summed E-state index contributed by atoms with van der Waals surface area (Å²) in [6.07, 6.45) is 8.91. The maximum Gasteiger partial charge on any atom is 0.223 e. The van der Waals surface area contributed by atoms with E-state index in [4.69, 9.17) is 0 Å². The van der Waals surface area contributed by atoms with E-state index in [0.29, 0.717) is 29.7 Å². The van der Waals surface area contributed by atoms with Gasteiger partial charge in [-0.15, -0.1) is 0 Å². The minimum atomic E-state index is 0.304. The largest absolute Gasteiger partial charge is 0.353 e. The first-order valence-electron chi connectivity index (χ1n) is 10.8. The Bertz CT molecular complexity index is 587. The van der Waals surface area contributed by atoms with Gasteiger partial charge in [0.1, 0.15) is 0 Å². The molecule has 1 aromatic carbocycles. The molecule has 3 nitrogen and oxygen atoms in total. The average Bonchev–Trinajstić information content (AvgIpc) is 3.17. The van der Waals surface area contributed by atoms with Crippen molar-refractivity contribution in [1.82, 2.24) is 10.2 Å². The summed E-state index contributed by atoms with van der Waals surface area (Å²) in [5, 5.41) is 3.31. The van der Waals surface area contributed by atoms with Crippen molar-refractivity contribution in [2.45, 2.75) is 63.8 Å². The molecule has 1 saturated heterocycles. The fourth-order valence-electron chi connectivity index (χ4n) is 5.12. The van der Waals surface area contributed by atoms with E-state index in [-0.39, 0.29) is 0 Å². The van der Waals surface area contributed by atoms with Crippen molar-refractivity contribution in [3.8, 4) is 0 Å². The van der Waals surface area contributed by atoms with E-state index in [0.717, 1.165) is 38.3 Å². The average molecular weight is 355 g/mol. The van der Waals surface area contributed by atoms with Gasteiger partial charge in [0.25, 0.3) is 0 Å². The number of piperidine rings is 1. The molecule has 1 aromatic rings. The lowest BCUT2D eigenvalue weighted by Crippen LogP contribution is -2.46. The highest BCUT2D eigenvalue weighted by atomic mass is 16.2. The summed E-state index contributed by atoms with van der Waals surface area (Å²) in [5.41, 5.74) is 1.53. The molecule has 0 bridgehead atoms. The summed E-state index contributed by atoms with van der Waals surface area (Å²) in [6, 6.07) is 11.6. The summed E-state index contributed by atoms with van der Waals surface area (Å²) in [5.74, 6) is 2.75. The predicted octanol–water partition coefficient (Wildman–Crippen LogP) is 4.20. The molecule has 0 unspecified atom stereocenters. The molecule has 1 N–H and O–H groups in total. The zero-order valence-electron chi connectivity index (χ0n) is 16.2. The first-order chi connectivity index (χ1) is 12.7. The molecule has 1 heterocycles. The molecule has 142 valence electrons. The van der Waals surface area contributed by atoms with Gasteiger partial charge >= 0.3 is 0 Å². The lowest BCUT2D eigenvalue weighted by atomic mass is 9.84. The smallest absolute Gasteiger partial charge is 0.223 e. The molecule has 1 aliphatic heterocycles. The zero-order chi connectivity index (χ0) is 17.9. The van der Waals surface area contributed by atoms with E-state index < -0.39 is 0 Å². The van der Waals surface area contributed by atoms with Crippen LogP contribution in [-0.4, -0.2) is 36.5 Å². The highest BCUT2D eigenvalue weighted by Crippen LogP contribution is 2.39. The van der Waals surface area contributed by atoms with Gasteiger partial charge in [-0.05, 0) is 55.4 Å². The maximum atomic E-state index is 12.2. The number of hydrogen-bond acceptors (Lipinski definition) is 2. The van der Waals surface area contributed by atoms with E-state index in [1.165, 1.54) is 37.8 Å². The normalized spacial score (nSPS) is 28.8. The van der Waals surface area contributed by atoms with E-state index in [9.17, 15) is 4.79 Å². The SMILES string of the molecule is C[C@@H]1C[C@@H]1C(=O)NC1CCN(C[C@@H](c2ccccc2)C2CCCC2)CC1. The monoisotopic (exact) mass is 354 g/mol. The lowest BCUT2D eigenvalue weighted by molar-refractivity contribution is -0.123.